The molecule has 1 atom stereocenters. The lowest BCUT2D eigenvalue weighted by Crippen LogP contribution is -2.21. The number of ether oxygens (including phenoxy) is 1. The van der Waals surface area contributed by atoms with Crippen molar-refractivity contribution in [3.63, 3.8) is 0 Å². The van der Waals surface area contributed by atoms with Gasteiger partial charge in [0.1, 0.15) is 11.9 Å². The molecule has 120 valence electrons. The highest BCUT2D eigenvalue weighted by Gasteiger charge is 2.17. The van der Waals surface area contributed by atoms with Gasteiger partial charge in [-0.3, -0.25) is 0 Å². The molecule has 0 amide bonds. The number of benzene rings is 2. The molecule has 0 aliphatic carbocycles. The molecule has 1 heterocycles. The number of fused-ring (bicyclic) bond motifs is 1. The number of thiophene rings is 1. The summed E-state index contributed by atoms with van der Waals surface area (Å²) in [6.07, 6.45) is 0.895. The van der Waals surface area contributed by atoms with Gasteiger partial charge in [-0.1, -0.05) is 42.5 Å². The average molecular weight is 327 g/mol. The fourth-order valence-corrected chi connectivity index (χ4v) is 3.36. The Morgan fingerprint density at radius 2 is 1.87 bits per heavy atom. The van der Waals surface area contributed by atoms with Gasteiger partial charge in [-0.25, -0.2) is 0 Å². The Labute approximate surface area is 141 Å². The summed E-state index contributed by atoms with van der Waals surface area (Å²) in [7, 11) is 3.62. The Kier molecular flexibility index (Phi) is 5.28. The molecule has 0 saturated heterocycles. The van der Waals surface area contributed by atoms with Gasteiger partial charge in [0.25, 0.3) is 0 Å². The predicted molar refractivity (Wildman–Crippen MR) is 95.9 cm³/mol. The van der Waals surface area contributed by atoms with Crippen molar-refractivity contribution in [3.05, 3.63) is 64.9 Å². The van der Waals surface area contributed by atoms with E-state index in [-0.39, 0.29) is 6.10 Å². The summed E-state index contributed by atoms with van der Waals surface area (Å²) in [6, 6.07) is 18.7. The van der Waals surface area contributed by atoms with Crippen molar-refractivity contribution in [2.24, 2.45) is 0 Å². The van der Waals surface area contributed by atoms with Gasteiger partial charge in [0.15, 0.2) is 0 Å². The number of rotatable bonds is 7. The van der Waals surface area contributed by atoms with E-state index in [1.807, 2.05) is 30.3 Å². The zero-order chi connectivity index (χ0) is 16.1. The van der Waals surface area contributed by atoms with E-state index >= 15 is 0 Å². The molecular formula is C19H21NO2S. The highest BCUT2D eigenvalue weighted by Crippen LogP contribution is 2.32. The highest BCUT2D eigenvalue weighted by atomic mass is 32.1. The van der Waals surface area contributed by atoms with E-state index in [4.69, 9.17) is 9.57 Å². The first kappa shape index (κ1) is 16.0. The molecular weight excluding hydrogens is 306 g/mol. The first-order chi connectivity index (χ1) is 11.3. The lowest BCUT2D eigenvalue weighted by molar-refractivity contribution is -0.113. The summed E-state index contributed by atoms with van der Waals surface area (Å²) in [5.41, 5.74) is 0. The molecule has 0 unspecified atom stereocenters. The maximum atomic E-state index is 6.40. The second kappa shape index (κ2) is 7.59. The van der Waals surface area contributed by atoms with Crippen LogP contribution in [0.1, 0.15) is 17.4 Å². The average Bonchev–Trinajstić information content (AvgIpc) is 3.12. The highest BCUT2D eigenvalue weighted by molar-refractivity contribution is 7.10. The molecule has 2 aromatic carbocycles. The standard InChI is InChI=1S/C19H21NO2S/c1-20(21-2)13-12-18(19-11-6-14-23-19)22-17-10-5-8-15-7-3-4-9-16(15)17/h3-11,14,18H,12-13H2,1-2H3/t18-/m1/s1. The van der Waals surface area contributed by atoms with Crippen LogP contribution in [0, 0.1) is 0 Å². The summed E-state index contributed by atoms with van der Waals surface area (Å²) in [5, 5.41) is 6.27. The van der Waals surface area contributed by atoms with Gasteiger partial charge in [-0.05, 0) is 22.9 Å². The van der Waals surface area contributed by atoms with E-state index < -0.39 is 0 Å². The Bertz CT molecular complexity index is 737. The van der Waals surface area contributed by atoms with Crippen LogP contribution in [0.25, 0.3) is 10.8 Å². The number of hydrogen-bond acceptors (Lipinski definition) is 4. The largest absolute Gasteiger partial charge is 0.484 e. The molecule has 3 nitrogen and oxygen atoms in total. The molecule has 0 N–H and O–H groups in total. The van der Waals surface area contributed by atoms with E-state index in [0.717, 1.165) is 24.1 Å². The van der Waals surface area contributed by atoms with Gasteiger partial charge in [-0.15, -0.1) is 11.3 Å². The van der Waals surface area contributed by atoms with Gasteiger partial charge in [0.2, 0.25) is 0 Å². The Morgan fingerprint density at radius 3 is 2.65 bits per heavy atom. The third kappa shape index (κ3) is 3.91. The zero-order valence-electron chi connectivity index (χ0n) is 13.4. The maximum Gasteiger partial charge on any atom is 0.134 e. The third-order valence-electron chi connectivity index (χ3n) is 3.90. The van der Waals surface area contributed by atoms with Crippen LogP contribution in [0.15, 0.2) is 60.0 Å². The molecule has 0 aliphatic rings. The van der Waals surface area contributed by atoms with E-state index in [0.29, 0.717) is 0 Å². The monoisotopic (exact) mass is 327 g/mol. The van der Waals surface area contributed by atoms with Crippen molar-refractivity contribution in [1.82, 2.24) is 5.06 Å². The van der Waals surface area contributed by atoms with Gasteiger partial charge in [-0.2, -0.15) is 5.06 Å². The number of nitrogens with zero attached hydrogens (tertiary/aromatic N) is 1. The molecule has 3 rings (SSSR count). The molecule has 3 aromatic rings. The maximum absolute atomic E-state index is 6.40. The van der Waals surface area contributed by atoms with Crippen molar-refractivity contribution in [2.45, 2.75) is 12.5 Å². The van der Waals surface area contributed by atoms with Crippen molar-refractivity contribution in [3.8, 4) is 5.75 Å². The Balaban J connectivity index is 1.85. The fraction of sp³-hybridized carbons (Fsp3) is 0.263. The molecule has 0 bridgehead atoms. The lowest BCUT2D eigenvalue weighted by atomic mass is 10.1. The summed E-state index contributed by atoms with van der Waals surface area (Å²) in [5.74, 6) is 0.932. The first-order valence-corrected chi connectivity index (χ1v) is 8.59. The fourth-order valence-electron chi connectivity index (χ4n) is 2.58. The van der Waals surface area contributed by atoms with E-state index in [1.54, 1.807) is 18.4 Å². The Morgan fingerprint density at radius 1 is 1.04 bits per heavy atom. The minimum absolute atomic E-state index is 0.0263. The van der Waals surface area contributed by atoms with Gasteiger partial charge >= 0.3 is 0 Å². The van der Waals surface area contributed by atoms with Crippen LogP contribution < -0.4 is 4.74 Å². The molecule has 0 fully saturated rings. The van der Waals surface area contributed by atoms with Crippen LogP contribution in [0.2, 0.25) is 0 Å². The first-order valence-electron chi connectivity index (χ1n) is 7.71. The van der Waals surface area contributed by atoms with Crippen LogP contribution in [-0.2, 0) is 4.84 Å². The van der Waals surface area contributed by atoms with Crippen LogP contribution in [-0.4, -0.2) is 25.8 Å². The third-order valence-corrected chi connectivity index (χ3v) is 4.86. The van der Waals surface area contributed by atoms with Gasteiger partial charge < -0.3 is 9.57 Å². The second-order valence-corrected chi connectivity index (χ2v) is 6.40. The minimum atomic E-state index is 0.0263. The van der Waals surface area contributed by atoms with Crippen molar-refractivity contribution in [1.29, 1.82) is 0 Å². The van der Waals surface area contributed by atoms with Crippen LogP contribution in [0.3, 0.4) is 0 Å². The molecule has 0 aliphatic heterocycles. The zero-order valence-corrected chi connectivity index (χ0v) is 14.3. The lowest BCUT2D eigenvalue weighted by Gasteiger charge is -2.21. The number of hydroxylamine groups is 2. The van der Waals surface area contributed by atoms with E-state index in [2.05, 4.69) is 41.8 Å². The van der Waals surface area contributed by atoms with Crippen LogP contribution in [0.4, 0.5) is 0 Å². The molecule has 0 saturated carbocycles. The molecule has 4 heteroatoms. The molecule has 0 spiro atoms. The van der Waals surface area contributed by atoms with E-state index in [1.165, 1.54) is 10.3 Å². The van der Waals surface area contributed by atoms with Crippen molar-refractivity contribution >= 4 is 22.1 Å². The van der Waals surface area contributed by atoms with E-state index in [9.17, 15) is 0 Å². The molecule has 1 aromatic heterocycles. The van der Waals surface area contributed by atoms with Crippen LogP contribution in [0.5, 0.6) is 5.75 Å². The van der Waals surface area contributed by atoms with Crippen molar-refractivity contribution < 1.29 is 9.57 Å². The minimum Gasteiger partial charge on any atom is -0.484 e. The van der Waals surface area contributed by atoms with Crippen molar-refractivity contribution in [2.75, 3.05) is 20.7 Å². The molecule has 23 heavy (non-hydrogen) atoms. The quantitative estimate of drug-likeness (QED) is 0.576. The normalized spacial score (nSPS) is 12.7. The van der Waals surface area contributed by atoms with Gasteiger partial charge in [0, 0.05) is 30.3 Å². The predicted octanol–water partition coefficient (Wildman–Crippen LogP) is 4.90. The smallest absolute Gasteiger partial charge is 0.134 e. The van der Waals surface area contributed by atoms with Crippen LogP contribution >= 0.6 is 11.3 Å². The summed E-state index contributed by atoms with van der Waals surface area (Å²) < 4.78 is 6.40. The molecule has 0 radical (unpaired) electrons. The summed E-state index contributed by atoms with van der Waals surface area (Å²) in [4.78, 5) is 6.46. The second-order valence-electron chi connectivity index (χ2n) is 5.42. The summed E-state index contributed by atoms with van der Waals surface area (Å²) in [6.45, 7) is 0.809. The number of hydrogen-bond donors (Lipinski definition) is 0. The van der Waals surface area contributed by atoms with Gasteiger partial charge in [0.05, 0.1) is 7.11 Å². The Hall–Kier alpha value is -1.88. The topological polar surface area (TPSA) is 21.7 Å². The SMILES string of the molecule is CON(C)CC[C@@H](Oc1cccc2ccccc12)c1cccs1. The summed E-state index contributed by atoms with van der Waals surface area (Å²) >= 11 is 1.73.